The summed E-state index contributed by atoms with van der Waals surface area (Å²) in [7, 11) is 0. The van der Waals surface area contributed by atoms with Gasteiger partial charge in [-0.3, -0.25) is 9.78 Å². The molecule has 1 aliphatic rings. The summed E-state index contributed by atoms with van der Waals surface area (Å²) >= 11 is 12.0. The van der Waals surface area contributed by atoms with Gasteiger partial charge in [0.2, 0.25) is 0 Å². The molecule has 168 valence electrons. The van der Waals surface area contributed by atoms with Crippen LogP contribution in [0.4, 0.5) is 22.0 Å². The zero-order valence-corrected chi connectivity index (χ0v) is 17.4. The van der Waals surface area contributed by atoms with E-state index in [2.05, 4.69) is 4.98 Å². The Kier molecular flexibility index (Phi) is 6.78. The number of aromatic nitrogens is 1. The van der Waals surface area contributed by atoms with Crippen molar-refractivity contribution >= 4 is 29.3 Å². The van der Waals surface area contributed by atoms with Crippen LogP contribution in [0.1, 0.15) is 46.7 Å². The number of halogens is 7. The van der Waals surface area contributed by atoms with Crippen LogP contribution in [0, 0.1) is 5.82 Å². The summed E-state index contributed by atoms with van der Waals surface area (Å²) in [5.74, 6) is -2.77. The largest absolute Gasteiger partial charge is 0.417 e. The summed E-state index contributed by atoms with van der Waals surface area (Å²) in [6, 6.07) is 4.50. The summed E-state index contributed by atoms with van der Waals surface area (Å²) in [5.41, 5.74) is -3.20. The van der Waals surface area contributed by atoms with Crippen molar-refractivity contribution in [3.63, 3.8) is 0 Å². The average molecular weight is 483 g/mol. The second-order valence-corrected chi connectivity index (χ2v) is 8.24. The zero-order valence-electron chi connectivity index (χ0n) is 15.8. The van der Waals surface area contributed by atoms with Crippen molar-refractivity contribution in [3.8, 4) is 0 Å². The van der Waals surface area contributed by atoms with Crippen LogP contribution in [0.25, 0.3) is 0 Å². The van der Waals surface area contributed by atoms with Gasteiger partial charge < -0.3 is 5.11 Å². The number of amides is 1. The Balaban J connectivity index is 1.88. The molecule has 1 saturated carbocycles. The first-order valence-electron chi connectivity index (χ1n) is 9.22. The zero-order chi connectivity index (χ0) is 23.0. The number of carbonyl (C=O) groups excluding carboxylic acids is 1. The van der Waals surface area contributed by atoms with Crippen LogP contribution in [0.15, 0.2) is 36.7 Å². The Morgan fingerprint density at radius 2 is 2.03 bits per heavy atom. The Morgan fingerprint density at radius 1 is 1.32 bits per heavy atom. The Morgan fingerprint density at radius 3 is 2.71 bits per heavy atom. The SMILES string of the molecule is O=C(c1cncc(C(F)(F)F)c1)N(Cl)CC1(O)CCC(F)CC1c1cccc(F)c1Cl. The van der Waals surface area contributed by atoms with E-state index in [0.717, 1.165) is 12.3 Å². The quantitative estimate of drug-likeness (QED) is 0.460. The number of hydrogen-bond acceptors (Lipinski definition) is 3. The van der Waals surface area contributed by atoms with Crippen molar-refractivity contribution in [1.29, 1.82) is 0 Å². The minimum absolute atomic E-state index is 0.0377. The van der Waals surface area contributed by atoms with Crippen LogP contribution in [0.3, 0.4) is 0 Å². The van der Waals surface area contributed by atoms with Gasteiger partial charge in [-0.25, -0.2) is 13.2 Å². The molecule has 3 rings (SSSR count). The minimum atomic E-state index is -4.71. The molecule has 3 unspecified atom stereocenters. The van der Waals surface area contributed by atoms with Gasteiger partial charge in [-0.15, -0.1) is 0 Å². The van der Waals surface area contributed by atoms with Crippen molar-refractivity contribution in [2.45, 2.75) is 43.1 Å². The van der Waals surface area contributed by atoms with Crippen LogP contribution in [-0.2, 0) is 6.18 Å². The van der Waals surface area contributed by atoms with Gasteiger partial charge in [-0.2, -0.15) is 13.2 Å². The maximum atomic E-state index is 14.1. The average Bonchev–Trinajstić information content (AvgIpc) is 2.71. The van der Waals surface area contributed by atoms with Crippen LogP contribution in [0.2, 0.25) is 5.02 Å². The molecule has 1 fully saturated rings. The second kappa shape index (κ2) is 8.88. The third kappa shape index (κ3) is 5.10. The van der Waals surface area contributed by atoms with Gasteiger partial charge >= 0.3 is 6.18 Å². The Labute approximate surface area is 184 Å². The fourth-order valence-corrected chi connectivity index (χ4v) is 4.30. The van der Waals surface area contributed by atoms with Gasteiger partial charge in [0.05, 0.1) is 28.3 Å². The molecule has 0 spiro atoms. The van der Waals surface area contributed by atoms with E-state index in [1.807, 2.05) is 0 Å². The summed E-state index contributed by atoms with van der Waals surface area (Å²) < 4.78 is 67.3. The van der Waals surface area contributed by atoms with Crippen LogP contribution in [-0.4, -0.2) is 38.7 Å². The molecule has 4 nitrogen and oxygen atoms in total. The Bertz CT molecular complexity index is 975. The maximum Gasteiger partial charge on any atom is 0.417 e. The molecule has 1 aromatic heterocycles. The number of alkyl halides is 4. The Hall–Kier alpha value is -1.97. The van der Waals surface area contributed by atoms with Crippen LogP contribution >= 0.6 is 23.4 Å². The van der Waals surface area contributed by atoms with Crippen molar-refractivity contribution in [2.75, 3.05) is 6.54 Å². The summed E-state index contributed by atoms with van der Waals surface area (Å²) in [4.78, 5) is 16.0. The third-order valence-corrected chi connectivity index (χ3v) is 6.00. The fraction of sp³-hybridized carbons (Fsp3) is 0.400. The number of rotatable bonds is 4. The fourth-order valence-electron chi connectivity index (χ4n) is 3.73. The van der Waals surface area contributed by atoms with Crippen LogP contribution in [0.5, 0.6) is 0 Å². The predicted molar refractivity (Wildman–Crippen MR) is 104 cm³/mol. The van der Waals surface area contributed by atoms with Gasteiger partial charge in [0.25, 0.3) is 5.91 Å². The molecule has 0 radical (unpaired) electrons. The molecule has 0 aliphatic heterocycles. The molecule has 1 amide bonds. The molecule has 3 atom stereocenters. The highest BCUT2D eigenvalue weighted by Crippen LogP contribution is 2.45. The third-order valence-electron chi connectivity index (χ3n) is 5.33. The van der Waals surface area contributed by atoms with E-state index < -0.39 is 53.3 Å². The van der Waals surface area contributed by atoms with E-state index in [9.17, 15) is 31.9 Å². The van der Waals surface area contributed by atoms with Gasteiger partial charge in [0.15, 0.2) is 0 Å². The number of pyridine rings is 1. The molecule has 11 heteroatoms. The number of carbonyl (C=O) groups is 1. The number of hydrogen-bond donors (Lipinski definition) is 1. The van der Waals surface area contributed by atoms with Gasteiger partial charge in [0, 0.05) is 30.1 Å². The topological polar surface area (TPSA) is 53.4 Å². The monoisotopic (exact) mass is 482 g/mol. The molecule has 1 N–H and O–H groups in total. The predicted octanol–water partition coefficient (Wildman–Crippen LogP) is 5.53. The standard InChI is InChI=1S/C20H17Cl2F5N2O2/c21-17-14(2-1-3-16(17)24)15-7-13(23)4-5-19(15,31)10-29(22)18(30)11-6-12(9-28-8-11)20(25,26)27/h1-3,6,8-9,13,15,31H,4-5,7,10H2. The summed E-state index contributed by atoms with van der Waals surface area (Å²) in [5, 5.41) is 11.0. The molecule has 2 aromatic rings. The molecule has 0 saturated heterocycles. The minimum Gasteiger partial charge on any atom is -0.387 e. The molecular formula is C20H17Cl2F5N2O2. The van der Waals surface area contributed by atoms with Crippen molar-refractivity contribution < 1.29 is 31.9 Å². The molecule has 1 aliphatic carbocycles. The first kappa shape index (κ1) is 23.7. The second-order valence-electron chi connectivity index (χ2n) is 7.46. The van der Waals surface area contributed by atoms with E-state index in [-0.39, 0.29) is 29.8 Å². The molecule has 0 bridgehead atoms. The van der Waals surface area contributed by atoms with E-state index in [1.165, 1.54) is 12.1 Å². The lowest BCUT2D eigenvalue weighted by Gasteiger charge is -2.43. The number of aliphatic hydroxyl groups is 1. The van der Waals surface area contributed by atoms with Crippen LogP contribution < -0.4 is 0 Å². The van der Waals surface area contributed by atoms with Crippen molar-refractivity contribution in [2.24, 2.45) is 0 Å². The lowest BCUT2D eigenvalue weighted by molar-refractivity contribution is -0.137. The van der Waals surface area contributed by atoms with E-state index in [1.54, 1.807) is 0 Å². The lowest BCUT2D eigenvalue weighted by atomic mass is 9.71. The smallest absolute Gasteiger partial charge is 0.387 e. The van der Waals surface area contributed by atoms with Gasteiger partial charge in [-0.1, -0.05) is 23.7 Å². The number of benzene rings is 1. The van der Waals surface area contributed by atoms with Crippen molar-refractivity contribution in [1.82, 2.24) is 9.40 Å². The van der Waals surface area contributed by atoms with Crippen molar-refractivity contribution in [3.05, 3.63) is 64.2 Å². The lowest BCUT2D eigenvalue weighted by Crippen LogP contribution is -2.50. The molecule has 1 heterocycles. The highest BCUT2D eigenvalue weighted by molar-refractivity contribution is 6.31. The highest BCUT2D eigenvalue weighted by atomic mass is 35.5. The summed E-state index contributed by atoms with van der Waals surface area (Å²) in [6.07, 6.45) is -4.88. The van der Waals surface area contributed by atoms with Gasteiger partial charge in [0.1, 0.15) is 12.0 Å². The first-order valence-corrected chi connectivity index (χ1v) is 9.94. The van der Waals surface area contributed by atoms with Gasteiger partial charge in [-0.05, 0) is 37.0 Å². The molecule has 31 heavy (non-hydrogen) atoms. The highest BCUT2D eigenvalue weighted by Gasteiger charge is 2.46. The first-order chi connectivity index (χ1) is 14.4. The molecular weight excluding hydrogens is 466 g/mol. The number of nitrogens with zero attached hydrogens (tertiary/aromatic N) is 2. The van der Waals surface area contributed by atoms with E-state index in [0.29, 0.717) is 16.7 Å². The summed E-state index contributed by atoms with van der Waals surface area (Å²) in [6.45, 7) is -0.548. The molecule has 1 aromatic carbocycles. The van der Waals surface area contributed by atoms with E-state index >= 15 is 0 Å². The van der Waals surface area contributed by atoms with E-state index in [4.69, 9.17) is 23.4 Å². The maximum absolute atomic E-state index is 14.1. The normalized spacial score (nSPS) is 24.1.